The summed E-state index contributed by atoms with van der Waals surface area (Å²) in [4.78, 5) is 8.20. The van der Waals surface area contributed by atoms with Crippen molar-refractivity contribution >= 4 is 5.69 Å². The fourth-order valence-corrected chi connectivity index (χ4v) is 1.54. The molecule has 1 aliphatic carbocycles. The number of nitrogens with one attached hydrogen (secondary N) is 1. The van der Waals surface area contributed by atoms with Crippen LogP contribution in [0.25, 0.3) is 5.82 Å². The van der Waals surface area contributed by atoms with Gasteiger partial charge >= 0.3 is 0 Å². The minimum Gasteiger partial charge on any atom is -0.384 e. The van der Waals surface area contributed by atoms with Gasteiger partial charge < -0.3 is 5.32 Å². The van der Waals surface area contributed by atoms with Crippen LogP contribution in [0.5, 0.6) is 0 Å². The Kier molecular flexibility index (Phi) is 2.29. The third-order valence-corrected chi connectivity index (χ3v) is 2.69. The van der Waals surface area contributed by atoms with E-state index in [-0.39, 0.29) is 0 Å². The summed E-state index contributed by atoms with van der Waals surface area (Å²) in [5.74, 6) is 1.66. The van der Waals surface area contributed by atoms with Gasteiger partial charge in [-0.05, 0) is 30.9 Å². The van der Waals surface area contributed by atoms with E-state index in [0.717, 1.165) is 24.0 Å². The van der Waals surface area contributed by atoms with Gasteiger partial charge in [0.05, 0.1) is 11.9 Å². The van der Waals surface area contributed by atoms with Gasteiger partial charge in [-0.1, -0.05) is 0 Å². The van der Waals surface area contributed by atoms with Gasteiger partial charge in [-0.25, -0.2) is 14.6 Å². The highest BCUT2D eigenvalue weighted by Crippen LogP contribution is 2.28. The summed E-state index contributed by atoms with van der Waals surface area (Å²) in [5.41, 5.74) is 1.07. The molecular formula is C11H13N5. The molecule has 0 aromatic carbocycles. The maximum atomic E-state index is 4.32. The van der Waals surface area contributed by atoms with Crippen LogP contribution in [0.1, 0.15) is 12.8 Å². The molecule has 16 heavy (non-hydrogen) atoms. The normalized spacial score (nSPS) is 15.0. The highest BCUT2D eigenvalue weighted by atomic mass is 15.3. The molecule has 1 fully saturated rings. The zero-order valence-corrected chi connectivity index (χ0v) is 8.87. The molecular weight excluding hydrogens is 202 g/mol. The monoisotopic (exact) mass is 215 g/mol. The summed E-state index contributed by atoms with van der Waals surface area (Å²) in [6, 6.07) is 3.95. The zero-order valence-electron chi connectivity index (χ0n) is 8.87. The molecule has 5 heteroatoms. The molecule has 0 bridgehead atoms. The number of aromatic nitrogens is 4. The first kappa shape index (κ1) is 9.33. The lowest BCUT2D eigenvalue weighted by atomic mass is 10.3. The Labute approximate surface area is 93.5 Å². The molecule has 0 saturated heterocycles. The van der Waals surface area contributed by atoms with Gasteiger partial charge in [-0.3, -0.25) is 0 Å². The van der Waals surface area contributed by atoms with Gasteiger partial charge in [-0.15, -0.1) is 0 Å². The fraction of sp³-hybridized carbons (Fsp3) is 0.364. The molecule has 0 amide bonds. The first-order valence-corrected chi connectivity index (χ1v) is 5.47. The predicted molar refractivity (Wildman–Crippen MR) is 60.4 cm³/mol. The van der Waals surface area contributed by atoms with Crippen LogP contribution in [-0.4, -0.2) is 26.3 Å². The molecule has 5 nitrogen and oxygen atoms in total. The third kappa shape index (κ3) is 2.03. The molecule has 0 unspecified atom stereocenters. The van der Waals surface area contributed by atoms with Crippen LogP contribution < -0.4 is 5.32 Å². The van der Waals surface area contributed by atoms with Gasteiger partial charge in [0.15, 0.2) is 5.82 Å². The Balaban J connectivity index is 1.69. The zero-order chi connectivity index (χ0) is 10.8. The molecule has 2 aromatic heterocycles. The van der Waals surface area contributed by atoms with Crippen LogP contribution in [0.3, 0.4) is 0 Å². The summed E-state index contributed by atoms with van der Waals surface area (Å²) in [6.07, 6.45) is 7.69. The maximum absolute atomic E-state index is 4.32. The van der Waals surface area contributed by atoms with E-state index in [9.17, 15) is 0 Å². The van der Waals surface area contributed by atoms with Crippen molar-refractivity contribution in [2.45, 2.75) is 12.8 Å². The summed E-state index contributed by atoms with van der Waals surface area (Å²) in [7, 11) is 0. The molecule has 2 heterocycles. The van der Waals surface area contributed by atoms with Gasteiger partial charge in [-0.2, -0.15) is 5.10 Å². The highest BCUT2D eigenvalue weighted by Gasteiger charge is 2.20. The predicted octanol–water partition coefficient (Wildman–Crippen LogP) is 1.48. The first-order chi connectivity index (χ1) is 7.92. The highest BCUT2D eigenvalue weighted by molar-refractivity contribution is 5.43. The number of nitrogens with zero attached hydrogens (tertiary/aromatic N) is 4. The fourth-order valence-electron chi connectivity index (χ4n) is 1.54. The van der Waals surface area contributed by atoms with E-state index in [1.54, 1.807) is 11.0 Å². The quantitative estimate of drug-likeness (QED) is 0.839. The van der Waals surface area contributed by atoms with Gasteiger partial charge in [0.25, 0.3) is 0 Å². The van der Waals surface area contributed by atoms with E-state index < -0.39 is 0 Å². The van der Waals surface area contributed by atoms with Crippen molar-refractivity contribution in [1.82, 2.24) is 19.7 Å². The average Bonchev–Trinajstić information content (AvgIpc) is 3.00. The number of anilines is 1. The smallest absolute Gasteiger partial charge is 0.155 e. The minimum atomic E-state index is 0.787. The van der Waals surface area contributed by atoms with E-state index in [2.05, 4.69) is 20.4 Å². The van der Waals surface area contributed by atoms with Crippen LogP contribution >= 0.6 is 0 Å². The van der Waals surface area contributed by atoms with Gasteiger partial charge in [0.1, 0.15) is 12.7 Å². The largest absolute Gasteiger partial charge is 0.384 e. The lowest BCUT2D eigenvalue weighted by Gasteiger charge is -2.05. The van der Waals surface area contributed by atoms with Crippen molar-refractivity contribution in [1.29, 1.82) is 0 Å². The molecule has 82 valence electrons. The molecule has 1 N–H and O–H groups in total. The molecule has 2 aromatic rings. The molecule has 0 atom stereocenters. The first-order valence-electron chi connectivity index (χ1n) is 5.47. The van der Waals surface area contributed by atoms with Crippen molar-refractivity contribution < 1.29 is 0 Å². The van der Waals surface area contributed by atoms with Crippen molar-refractivity contribution in [2.75, 3.05) is 11.9 Å². The van der Waals surface area contributed by atoms with Crippen LogP contribution in [0.2, 0.25) is 0 Å². The Morgan fingerprint density at radius 1 is 1.38 bits per heavy atom. The Bertz CT molecular complexity index is 444. The van der Waals surface area contributed by atoms with Crippen LogP contribution in [0, 0.1) is 5.92 Å². The second-order valence-electron chi connectivity index (χ2n) is 4.07. The molecule has 0 radical (unpaired) electrons. The van der Waals surface area contributed by atoms with E-state index >= 15 is 0 Å². The van der Waals surface area contributed by atoms with Crippen molar-refractivity contribution in [3.63, 3.8) is 0 Å². The lowest BCUT2D eigenvalue weighted by Crippen LogP contribution is -2.04. The topological polar surface area (TPSA) is 55.6 Å². The van der Waals surface area contributed by atoms with Crippen LogP contribution in [-0.2, 0) is 0 Å². The van der Waals surface area contributed by atoms with Crippen molar-refractivity contribution in [3.8, 4) is 5.82 Å². The average molecular weight is 215 g/mol. The Hall–Kier alpha value is -1.91. The number of hydrogen-bond donors (Lipinski definition) is 1. The lowest BCUT2D eigenvalue weighted by molar-refractivity contribution is 0.843. The van der Waals surface area contributed by atoms with Crippen LogP contribution in [0.4, 0.5) is 5.69 Å². The molecule has 0 spiro atoms. The molecule has 0 aliphatic heterocycles. The second kappa shape index (κ2) is 3.92. The number of hydrogen-bond acceptors (Lipinski definition) is 4. The minimum absolute atomic E-state index is 0.787. The summed E-state index contributed by atoms with van der Waals surface area (Å²) in [6.45, 7) is 1.06. The summed E-state index contributed by atoms with van der Waals surface area (Å²) < 4.78 is 1.64. The molecule has 1 saturated carbocycles. The second-order valence-corrected chi connectivity index (χ2v) is 4.07. The molecule has 1 aliphatic rings. The maximum Gasteiger partial charge on any atom is 0.155 e. The van der Waals surface area contributed by atoms with E-state index in [0.29, 0.717) is 0 Å². The van der Waals surface area contributed by atoms with E-state index in [1.165, 1.54) is 19.2 Å². The van der Waals surface area contributed by atoms with Crippen LogP contribution in [0.15, 0.2) is 31.0 Å². The van der Waals surface area contributed by atoms with Crippen molar-refractivity contribution in [3.05, 3.63) is 31.0 Å². The van der Waals surface area contributed by atoms with Gasteiger partial charge in [0.2, 0.25) is 0 Å². The summed E-state index contributed by atoms with van der Waals surface area (Å²) >= 11 is 0. The van der Waals surface area contributed by atoms with E-state index in [1.807, 2.05) is 18.3 Å². The van der Waals surface area contributed by atoms with E-state index in [4.69, 9.17) is 0 Å². The number of rotatable bonds is 4. The SMILES string of the molecule is c1ncn(-c2ccc(NCC3CC3)cn2)n1. The third-order valence-electron chi connectivity index (χ3n) is 2.69. The standard InChI is InChI=1S/C11H13N5/c1-2-9(1)5-13-10-3-4-11(14-6-10)16-8-12-7-15-16/h3-4,6-9,13H,1-2,5H2. The molecule has 3 rings (SSSR count). The van der Waals surface area contributed by atoms with Gasteiger partial charge in [0, 0.05) is 6.54 Å². The Morgan fingerprint density at radius 2 is 2.31 bits per heavy atom. The number of pyridine rings is 1. The Morgan fingerprint density at radius 3 is 2.94 bits per heavy atom. The van der Waals surface area contributed by atoms with Crippen molar-refractivity contribution in [2.24, 2.45) is 5.92 Å². The summed E-state index contributed by atoms with van der Waals surface area (Å²) in [5, 5.41) is 7.39.